The molecule has 0 radical (unpaired) electrons. The Morgan fingerprint density at radius 3 is 2.67 bits per heavy atom. The fraction of sp³-hybridized carbons (Fsp3) is 0.250. The molecule has 0 atom stereocenters. The summed E-state index contributed by atoms with van der Waals surface area (Å²) in [5.74, 6) is -1.12. The van der Waals surface area contributed by atoms with Gasteiger partial charge in [-0.25, -0.2) is 9.59 Å². The highest BCUT2D eigenvalue weighted by Crippen LogP contribution is 1.99. The lowest BCUT2D eigenvalue weighted by Gasteiger charge is -1.99. The molecule has 1 heterocycles. The molecular weight excluding hydrogens is 160 g/mol. The molecule has 0 aliphatic carbocycles. The van der Waals surface area contributed by atoms with Gasteiger partial charge < -0.3 is 9.47 Å². The fourth-order valence-electron chi connectivity index (χ4n) is 0.601. The lowest BCUT2D eigenvalue weighted by molar-refractivity contribution is -0.137. The molecule has 1 rings (SSSR count). The molecule has 0 aromatic rings. The first kappa shape index (κ1) is 8.52. The molecule has 0 saturated carbocycles. The predicted molar refractivity (Wildman–Crippen MR) is 39.9 cm³/mol. The van der Waals surface area contributed by atoms with E-state index in [0.717, 1.165) is 12.2 Å². The first-order chi connectivity index (χ1) is 5.68. The van der Waals surface area contributed by atoms with Crippen LogP contribution in [-0.4, -0.2) is 18.5 Å². The minimum atomic E-state index is -0.576. The zero-order valence-electron chi connectivity index (χ0n) is 6.57. The third kappa shape index (κ3) is 2.57. The first-order valence-corrected chi connectivity index (χ1v) is 3.39. The van der Waals surface area contributed by atoms with Crippen molar-refractivity contribution in [3.8, 4) is 0 Å². The van der Waals surface area contributed by atoms with Crippen molar-refractivity contribution in [1.29, 1.82) is 0 Å². The lowest BCUT2D eigenvalue weighted by atomic mass is 10.4. The SMILES string of the molecule is C/C1=C/OC(=O)/C=C\C(=O)OC1. The molecule has 0 aromatic carbocycles. The average Bonchev–Trinajstić information content (AvgIpc) is 2.11. The third-order valence-electron chi connectivity index (χ3n) is 1.17. The fourth-order valence-corrected chi connectivity index (χ4v) is 0.601. The first-order valence-electron chi connectivity index (χ1n) is 3.39. The molecule has 12 heavy (non-hydrogen) atoms. The van der Waals surface area contributed by atoms with Crippen molar-refractivity contribution in [2.24, 2.45) is 0 Å². The Morgan fingerprint density at radius 2 is 1.92 bits per heavy atom. The van der Waals surface area contributed by atoms with Crippen LogP contribution in [0.2, 0.25) is 0 Å². The Labute approximate surface area is 69.5 Å². The summed E-state index contributed by atoms with van der Waals surface area (Å²) in [6, 6.07) is 0. The normalized spacial score (nSPS) is 25.2. The van der Waals surface area contributed by atoms with Crippen LogP contribution in [-0.2, 0) is 19.1 Å². The second-order valence-electron chi connectivity index (χ2n) is 2.34. The Hall–Kier alpha value is -1.58. The molecule has 0 fully saturated rings. The zero-order valence-corrected chi connectivity index (χ0v) is 6.57. The van der Waals surface area contributed by atoms with E-state index in [4.69, 9.17) is 4.74 Å². The standard InChI is InChI=1S/C8H8O4/c1-6-4-11-7(9)2-3-8(10)12-5-6/h2-4H,5H2,1H3/b3-2-,6-4-. The van der Waals surface area contributed by atoms with E-state index in [2.05, 4.69) is 4.74 Å². The molecule has 0 amide bonds. The second kappa shape index (κ2) is 3.71. The number of carbonyl (C=O) groups excluding carboxylic acids is 2. The van der Waals surface area contributed by atoms with Gasteiger partial charge in [0, 0.05) is 12.2 Å². The maximum atomic E-state index is 10.7. The minimum Gasteiger partial charge on any atom is -0.458 e. The smallest absolute Gasteiger partial charge is 0.335 e. The molecule has 0 bridgehead atoms. The lowest BCUT2D eigenvalue weighted by Crippen LogP contribution is -2.02. The molecule has 0 aromatic heterocycles. The van der Waals surface area contributed by atoms with Crippen molar-refractivity contribution in [2.45, 2.75) is 6.92 Å². The maximum absolute atomic E-state index is 10.7. The van der Waals surface area contributed by atoms with Gasteiger partial charge in [-0.15, -0.1) is 0 Å². The van der Waals surface area contributed by atoms with Crippen LogP contribution in [0.3, 0.4) is 0 Å². The summed E-state index contributed by atoms with van der Waals surface area (Å²) in [7, 11) is 0. The molecule has 1 aliphatic heterocycles. The molecular formula is C8H8O4. The van der Waals surface area contributed by atoms with Gasteiger partial charge in [-0.05, 0) is 12.5 Å². The van der Waals surface area contributed by atoms with E-state index in [1.807, 2.05) is 0 Å². The number of ether oxygens (including phenoxy) is 2. The summed E-state index contributed by atoms with van der Waals surface area (Å²) in [6.07, 6.45) is 3.33. The van der Waals surface area contributed by atoms with Gasteiger partial charge >= 0.3 is 11.9 Å². The van der Waals surface area contributed by atoms with Crippen LogP contribution >= 0.6 is 0 Å². The molecule has 0 unspecified atom stereocenters. The monoisotopic (exact) mass is 168 g/mol. The Bertz CT molecular complexity index is 260. The Balaban J connectivity index is 2.74. The van der Waals surface area contributed by atoms with Gasteiger partial charge in [0.15, 0.2) is 0 Å². The number of esters is 2. The largest absolute Gasteiger partial charge is 0.458 e. The highest BCUT2D eigenvalue weighted by Gasteiger charge is 2.04. The van der Waals surface area contributed by atoms with Crippen molar-refractivity contribution in [3.63, 3.8) is 0 Å². The second-order valence-corrected chi connectivity index (χ2v) is 2.34. The Kier molecular flexibility index (Phi) is 2.63. The molecule has 4 nitrogen and oxygen atoms in total. The molecule has 0 N–H and O–H groups in total. The zero-order chi connectivity index (χ0) is 8.97. The van der Waals surface area contributed by atoms with Crippen molar-refractivity contribution >= 4 is 11.9 Å². The van der Waals surface area contributed by atoms with Crippen molar-refractivity contribution in [3.05, 3.63) is 24.0 Å². The summed E-state index contributed by atoms with van der Waals surface area (Å²) < 4.78 is 9.30. The summed E-state index contributed by atoms with van der Waals surface area (Å²) >= 11 is 0. The number of cyclic esters (lactones) is 2. The van der Waals surface area contributed by atoms with Crippen LogP contribution in [0.4, 0.5) is 0 Å². The van der Waals surface area contributed by atoms with Gasteiger partial charge in [-0.3, -0.25) is 0 Å². The van der Waals surface area contributed by atoms with Gasteiger partial charge in [0.1, 0.15) is 6.61 Å². The van der Waals surface area contributed by atoms with E-state index in [1.54, 1.807) is 6.92 Å². The average molecular weight is 168 g/mol. The van der Waals surface area contributed by atoms with Crippen LogP contribution in [0.25, 0.3) is 0 Å². The van der Waals surface area contributed by atoms with Crippen molar-refractivity contribution in [1.82, 2.24) is 0 Å². The summed E-state index contributed by atoms with van der Waals surface area (Å²) in [6.45, 7) is 1.85. The van der Waals surface area contributed by atoms with E-state index in [-0.39, 0.29) is 6.61 Å². The van der Waals surface area contributed by atoms with E-state index >= 15 is 0 Å². The van der Waals surface area contributed by atoms with E-state index in [0.29, 0.717) is 5.57 Å². The molecule has 4 heteroatoms. The maximum Gasteiger partial charge on any atom is 0.335 e. The molecule has 0 saturated heterocycles. The minimum absolute atomic E-state index is 0.149. The van der Waals surface area contributed by atoms with Crippen LogP contribution < -0.4 is 0 Å². The number of rotatable bonds is 0. The van der Waals surface area contributed by atoms with Crippen molar-refractivity contribution in [2.75, 3.05) is 6.61 Å². The van der Waals surface area contributed by atoms with Gasteiger partial charge in [0.05, 0.1) is 6.26 Å². The highest BCUT2D eigenvalue weighted by atomic mass is 16.5. The van der Waals surface area contributed by atoms with Gasteiger partial charge in [-0.2, -0.15) is 0 Å². The number of hydrogen-bond donors (Lipinski definition) is 0. The summed E-state index contributed by atoms with van der Waals surface area (Å²) in [5, 5.41) is 0. The summed E-state index contributed by atoms with van der Waals surface area (Å²) in [4.78, 5) is 21.5. The van der Waals surface area contributed by atoms with Gasteiger partial charge in [-0.1, -0.05) is 0 Å². The number of carbonyl (C=O) groups is 2. The number of hydrogen-bond acceptors (Lipinski definition) is 4. The highest BCUT2D eigenvalue weighted by molar-refractivity contribution is 5.92. The van der Waals surface area contributed by atoms with Crippen LogP contribution in [0, 0.1) is 0 Å². The van der Waals surface area contributed by atoms with Crippen LogP contribution in [0.15, 0.2) is 24.0 Å². The molecule has 1 aliphatic rings. The van der Waals surface area contributed by atoms with Crippen LogP contribution in [0.5, 0.6) is 0 Å². The quantitative estimate of drug-likeness (QED) is 0.495. The Morgan fingerprint density at radius 1 is 1.25 bits per heavy atom. The van der Waals surface area contributed by atoms with Crippen molar-refractivity contribution < 1.29 is 19.1 Å². The van der Waals surface area contributed by atoms with E-state index in [9.17, 15) is 9.59 Å². The predicted octanol–water partition coefficient (Wildman–Crippen LogP) is 0.546. The topological polar surface area (TPSA) is 52.6 Å². The molecule has 64 valence electrons. The van der Waals surface area contributed by atoms with Gasteiger partial charge in [0.25, 0.3) is 0 Å². The summed E-state index contributed by atoms with van der Waals surface area (Å²) in [5.41, 5.74) is 0.681. The van der Waals surface area contributed by atoms with E-state index in [1.165, 1.54) is 6.26 Å². The molecule has 0 spiro atoms. The third-order valence-corrected chi connectivity index (χ3v) is 1.17. The van der Waals surface area contributed by atoms with Gasteiger partial charge in [0.2, 0.25) is 0 Å². The van der Waals surface area contributed by atoms with Crippen LogP contribution in [0.1, 0.15) is 6.92 Å². The van der Waals surface area contributed by atoms with E-state index < -0.39 is 11.9 Å².